The molecule has 5 nitrogen and oxygen atoms in total. The maximum Gasteiger partial charge on any atom is 0.243 e. The molecule has 0 amide bonds. The molecule has 1 heterocycles. The van der Waals surface area contributed by atoms with Crippen LogP contribution < -0.4 is 4.74 Å². The van der Waals surface area contributed by atoms with Gasteiger partial charge in [-0.3, -0.25) is 4.90 Å². The van der Waals surface area contributed by atoms with Crippen molar-refractivity contribution in [1.82, 2.24) is 9.21 Å². The standard InChI is InChI=1S/C18H21ClN2O3S/c1-24-18-8-7-16(19)13-15(18)14-20-9-11-21(12-10-20)25(22,23)17-5-3-2-4-6-17/h2-8,13H,9-12,14H2,1H3. The molecule has 0 saturated carbocycles. The Morgan fingerprint density at radius 3 is 2.36 bits per heavy atom. The summed E-state index contributed by atoms with van der Waals surface area (Å²) in [4.78, 5) is 2.56. The van der Waals surface area contributed by atoms with Crippen molar-refractivity contribution in [3.05, 3.63) is 59.1 Å². The summed E-state index contributed by atoms with van der Waals surface area (Å²) in [5.74, 6) is 0.795. The molecule has 0 bridgehead atoms. The molecule has 1 aliphatic heterocycles. The number of nitrogens with zero attached hydrogens (tertiary/aromatic N) is 2. The van der Waals surface area contributed by atoms with Gasteiger partial charge in [0.25, 0.3) is 0 Å². The van der Waals surface area contributed by atoms with Crippen LogP contribution in [-0.4, -0.2) is 50.9 Å². The number of benzene rings is 2. The highest BCUT2D eigenvalue weighted by molar-refractivity contribution is 7.89. The lowest BCUT2D eigenvalue weighted by Crippen LogP contribution is -2.48. The van der Waals surface area contributed by atoms with Crippen LogP contribution in [0.15, 0.2) is 53.4 Å². The third kappa shape index (κ3) is 4.15. The number of methoxy groups -OCH3 is 1. The van der Waals surface area contributed by atoms with Crippen molar-refractivity contribution in [3.8, 4) is 5.75 Å². The van der Waals surface area contributed by atoms with E-state index in [2.05, 4.69) is 4.90 Å². The van der Waals surface area contributed by atoms with Gasteiger partial charge in [-0.1, -0.05) is 29.8 Å². The summed E-state index contributed by atoms with van der Waals surface area (Å²) in [7, 11) is -1.78. The zero-order chi connectivity index (χ0) is 17.9. The Morgan fingerprint density at radius 2 is 1.72 bits per heavy atom. The predicted molar refractivity (Wildman–Crippen MR) is 98.5 cm³/mol. The summed E-state index contributed by atoms with van der Waals surface area (Å²) in [5.41, 5.74) is 1.01. The van der Waals surface area contributed by atoms with Gasteiger partial charge in [0, 0.05) is 43.3 Å². The average Bonchev–Trinajstić information content (AvgIpc) is 2.63. The number of halogens is 1. The molecule has 0 radical (unpaired) electrons. The van der Waals surface area contributed by atoms with Crippen molar-refractivity contribution >= 4 is 21.6 Å². The summed E-state index contributed by atoms with van der Waals surface area (Å²) in [5, 5.41) is 0.668. The Labute approximate surface area is 153 Å². The molecule has 2 aromatic rings. The molecule has 1 fully saturated rings. The minimum Gasteiger partial charge on any atom is -0.496 e. The Morgan fingerprint density at radius 1 is 1.04 bits per heavy atom. The quantitative estimate of drug-likeness (QED) is 0.800. The number of ether oxygens (including phenoxy) is 1. The van der Waals surface area contributed by atoms with Crippen LogP contribution in [0.3, 0.4) is 0 Å². The summed E-state index contributed by atoms with van der Waals surface area (Å²) in [6.45, 7) is 2.96. The van der Waals surface area contributed by atoms with Crippen LogP contribution in [0.25, 0.3) is 0 Å². The molecule has 25 heavy (non-hydrogen) atoms. The monoisotopic (exact) mass is 380 g/mol. The molecule has 0 unspecified atom stereocenters. The fourth-order valence-corrected chi connectivity index (χ4v) is 4.62. The second-order valence-electron chi connectivity index (χ2n) is 5.95. The van der Waals surface area contributed by atoms with E-state index in [0.29, 0.717) is 42.6 Å². The minimum absolute atomic E-state index is 0.347. The first-order valence-corrected chi connectivity index (χ1v) is 9.92. The molecular weight excluding hydrogens is 360 g/mol. The third-order valence-corrected chi connectivity index (χ3v) is 6.50. The molecule has 0 aliphatic carbocycles. The van der Waals surface area contributed by atoms with E-state index in [-0.39, 0.29) is 0 Å². The van der Waals surface area contributed by atoms with Gasteiger partial charge >= 0.3 is 0 Å². The molecule has 0 spiro atoms. The van der Waals surface area contributed by atoms with E-state index in [1.807, 2.05) is 18.2 Å². The van der Waals surface area contributed by atoms with Gasteiger partial charge in [-0.05, 0) is 30.3 Å². The van der Waals surface area contributed by atoms with E-state index in [0.717, 1.165) is 11.3 Å². The number of rotatable bonds is 5. The van der Waals surface area contributed by atoms with E-state index >= 15 is 0 Å². The van der Waals surface area contributed by atoms with Crippen LogP contribution in [-0.2, 0) is 16.6 Å². The van der Waals surface area contributed by atoms with Crippen LogP contribution in [0, 0.1) is 0 Å². The zero-order valence-corrected chi connectivity index (χ0v) is 15.6. The largest absolute Gasteiger partial charge is 0.496 e. The summed E-state index contributed by atoms with van der Waals surface area (Å²) in [6.07, 6.45) is 0. The van der Waals surface area contributed by atoms with E-state index in [9.17, 15) is 8.42 Å². The van der Waals surface area contributed by atoms with Gasteiger partial charge in [0.1, 0.15) is 5.75 Å². The number of piperazine rings is 1. The maximum absolute atomic E-state index is 12.7. The van der Waals surface area contributed by atoms with Crippen molar-refractivity contribution in [2.75, 3.05) is 33.3 Å². The fourth-order valence-electron chi connectivity index (χ4n) is 2.98. The zero-order valence-electron chi connectivity index (χ0n) is 14.1. The Hall–Kier alpha value is -1.60. The summed E-state index contributed by atoms with van der Waals surface area (Å²) < 4.78 is 32.3. The van der Waals surface area contributed by atoms with Gasteiger partial charge in [-0.25, -0.2) is 8.42 Å². The molecule has 0 atom stereocenters. The first kappa shape index (κ1) is 18.2. The lowest BCUT2D eigenvalue weighted by Gasteiger charge is -2.34. The van der Waals surface area contributed by atoms with Gasteiger partial charge in [-0.2, -0.15) is 4.31 Å². The first-order valence-electron chi connectivity index (χ1n) is 8.10. The van der Waals surface area contributed by atoms with Gasteiger partial charge < -0.3 is 4.74 Å². The second kappa shape index (κ2) is 7.74. The Bertz CT molecular complexity index is 819. The lowest BCUT2D eigenvalue weighted by atomic mass is 10.1. The highest BCUT2D eigenvalue weighted by Gasteiger charge is 2.28. The average molecular weight is 381 g/mol. The first-order chi connectivity index (χ1) is 12.0. The second-order valence-corrected chi connectivity index (χ2v) is 8.32. The van der Waals surface area contributed by atoms with Gasteiger partial charge in [0.15, 0.2) is 0 Å². The summed E-state index contributed by atoms with van der Waals surface area (Å²) in [6, 6.07) is 14.1. The smallest absolute Gasteiger partial charge is 0.243 e. The van der Waals surface area contributed by atoms with E-state index in [4.69, 9.17) is 16.3 Å². The normalized spacial score (nSPS) is 16.7. The molecule has 3 rings (SSSR count). The summed E-state index contributed by atoms with van der Waals surface area (Å²) >= 11 is 6.08. The number of sulfonamides is 1. The number of hydrogen-bond donors (Lipinski definition) is 0. The molecule has 7 heteroatoms. The molecule has 134 valence electrons. The predicted octanol–water partition coefficient (Wildman–Crippen LogP) is 2.86. The van der Waals surface area contributed by atoms with Gasteiger partial charge in [0.05, 0.1) is 12.0 Å². The fraction of sp³-hybridized carbons (Fsp3) is 0.333. The van der Waals surface area contributed by atoms with E-state index in [1.54, 1.807) is 41.7 Å². The van der Waals surface area contributed by atoms with Gasteiger partial charge in [-0.15, -0.1) is 0 Å². The lowest BCUT2D eigenvalue weighted by molar-refractivity contribution is 0.180. The third-order valence-electron chi connectivity index (χ3n) is 4.35. The molecule has 1 saturated heterocycles. The van der Waals surface area contributed by atoms with E-state index < -0.39 is 10.0 Å². The van der Waals surface area contributed by atoms with Gasteiger partial charge in [0.2, 0.25) is 10.0 Å². The minimum atomic E-state index is -3.42. The molecular formula is C18H21ClN2O3S. The Balaban J connectivity index is 1.66. The van der Waals surface area contributed by atoms with Crippen LogP contribution in [0.2, 0.25) is 5.02 Å². The highest BCUT2D eigenvalue weighted by Crippen LogP contribution is 2.25. The van der Waals surface area contributed by atoms with Crippen molar-refractivity contribution in [1.29, 1.82) is 0 Å². The van der Waals surface area contributed by atoms with Crippen molar-refractivity contribution < 1.29 is 13.2 Å². The topological polar surface area (TPSA) is 49.9 Å². The highest BCUT2D eigenvalue weighted by atomic mass is 35.5. The molecule has 0 N–H and O–H groups in total. The van der Waals surface area contributed by atoms with Crippen molar-refractivity contribution in [3.63, 3.8) is 0 Å². The molecule has 0 aromatic heterocycles. The van der Waals surface area contributed by atoms with Crippen LogP contribution in [0.4, 0.5) is 0 Å². The van der Waals surface area contributed by atoms with Crippen LogP contribution >= 0.6 is 11.6 Å². The van der Waals surface area contributed by atoms with E-state index in [1.165, 1.54) is 0 Å². The van der Waals surface area contributed by atoms with Crippen molar-refractivity contribution in [2.45, 2.75) is 11.4 Å². The van der Waals surface area contributed by atoms with Crippen LogP contribution in [0.1, 0.15) is 5.56 Å². The number of hydrogen-bond acceptors (Lipinski definition) is 4. The van der Waals surface area contributed by atoms with Crippen molar-refractivity contribution in [2.24, 2.45) is 0 Å². The maximum atomic E-state index is 12.7. The SMILES string of the molecule is COc1ccc(Cl)cc1CN1CCN(S(=O)(=O)c2ccccc2)CC1. The molecule has 2 aromatic carbocycles. The molecule has 1 aliphatic rings. The Kier molecular flexibility index (Phi) is 5.64. The van der Waals surface area contributed by atoms with Crippen LogP contribution in [0.5, 0.6) is 5.75 Å².